The second kappa shape index (κ2) is 5.36. The molecule has 5 heteroatoms. The van der Waals surface area contributed by atoms with E-state index in [1.54, 1.807) is 0 Å². The van der Waals surface area contributed by atoms with Gasteiger partial charge in [0.05, 0.1) is 0 Å². The van der Waals surface area contributed by atoms with E-state index in [4.69, 9.17) is 0 Å². The lowest BCUT2D eigenvalue weighted by molar-refractivity contribution is -0.129. The largest absolute Gasteiger partial charge is 0.347 e. The molecule has 5 nitrogen and oxygen atoms in total. The zero-order valence-corrected chi connectivity index (χ0v) is 8.66. The van der Waals surface area contributed by atoms with E-state index >= 15 is 0 Å². The lowest BCUT2D eigenvalue weighted by Crippen LogP contribution is -2.45. The molecule has 0 bridgehead atoms. The van der Waals surface area contributed by atoms with Crippen molar-refractivity contribution in [2.24, 2.45) is 5.41 Å². The van der Waals surface area contributed by atoms with Gasteiger partial charge in [-0.25, -0.2) is 0 Å². The lowest BCUT2D eigenvalue weighted by Gasteiger charge is -2.23. The van der Waals surface area contributed by atoms with Crippen LogP contribution in [-0.4, -0.2) is 24.8 Å². The number of nitrogens with one attached hydrogen (secondary N) is 2. The fourth-order valence-electron chi connectivity index (χ4n) is 1.08. The van der Waals surface area contributed by atoms with Crippen molar-refractivity contribution in [1.82, 2.24) is 10.6 Å². The summed E-state index contributed by atoms with van der Waals surface area (Å²) in [7, 11) is 0. The second-order valence-corrected chi connectivity index (χ2v) is 4.23. The van der Waals surface area contributed by atoms with E-state index in [2.05, 4.69) is 5.32 Å². The summed E-state index contributed by atoms with van der Waals surface area (Å²) in [5, 5.41) is 4.38. The summed E-state index contributed by atoms with van der Waals surface area (Å²) >= 11 is 0. The fraction of sp³-hybridized carbons (Fsp3) is 0.667. The molecule has 3 amide bonds. The van der Waals surface area contributed by atoms with Crippen LogP contribution in [0.15, 0.2) is 0 Å². The smallest absolute Gasteiger partial charge is 0.248 e. The van der Waals surface area contributed by atoms with Crippen LogP contribution in [0.5, 0.6) is 0 Å². The van der Waals surface area contributed by atoms with E-state index in [9.17, 15) is 14.4 Å². The van der Waals surface area contributed by atoms with Crippen LogP contribution in [0, 0.1) is 5.41 Å². The topological polar surface area (TPSA) is 75.3 Å². The number of hydrogen-bond acceptors (Lipinski definition) is 3. The Kier molecular flexibility index (Phi) is 4.83. The molecule has 0 aromatic rings. The van der Waals surface area contributed by atoms with Crippen molar-refractivity contribution in [3.63, 3.8) is 0 Å². The van der Waals surface area contributed by atoms with Crippen molar-refractivity contribution in [3.05, 3.63) is 0 Å². The number of imide groups is 1. The lowest BCUT2D eigenvalue weighted by atomic mass is 9.88. The van der Waals surface area contributed by atoms with Gasteiger partial charge in [-0.15, -0.1) is 0 Å². The minimum absolute atomic E-state index is 0.0963. The molecule has 0 aromatic heterocycles. The summed E-state index contributed by atoms with van der Waals surface area (Å²) in [5.41, 5.74) is -0.0963. The molecule has 80 valence electrons. The Labute approximate surface area is 83.2 Å². The van der Waals surface area contributed by atoms with Crippen molar-refractivity contribution >= 4 is 18.7 Å². The molecule has 0 aliphatic carbocycles. The Morgan fingerprint density at radius 3 is 2.21 bits per heavy atom. The normalized spacial score (nSPS) is 12.8. The molecule has 0 radical (unpaired) electrons. The molecule has 0 aliphatic heterocycles. The molecule has 0 rings (SSSR count). The third kappa shape index (κ3) is 5.29. The first kappa shape index (κ1) is 12.6. The molecule has 0 heterocycles. The van der Waals surface area contributed by atoms with Crippen molar-refractivity contribution in [2.45, 2.75) is 33.2 Å². The monoisotopic (exact) mass is 200 g/mol. The maximum Gasteiger partial charge on any atom is 0.248 e. The average molecular weight is 200 g/mol. The molecule has 1 atom stereocenters. The van der Waals surface area contributed by atoms with E-state index in [1.807, 2.05) is 26.1 Å². The molecule has 0 spiro atoms. The Morgan fingerprint density at radius 2 is 1.86 bits per heavy atom. The zero-order chi connectivity index (χ0) is 11.2. The number of carbonyl (C=O) groups excluding carboxylic acids is 3. The number of rotatable bonds is 5. The van der Waals surface area contributed by atoms with Crippen LogP contribution in [0.3, 0.4) is 0 Å². The molecule has 2 N–H and O–H groups in total. The molecular weight excluding hydrogens is 184 g/mol. The van der Waals surface area contributed by atoms with E-state index in [0.717, 1.165) is 0 Å². The average Bonchev–Trinajstić information content (AvgIpc) is 2.01. The Balaban J connectivity index is 4.34. The number of carbonyl (C=O) groups is 3. The molecular formula is C9H16N2O3. The van der Waals surface area contributed by atoms with Crippen LogP contribution in [0.25, 0.3) is 0 Å². The van der Waals surface area contributed by atoms with Crippen LogP contribution in [0.4, 0.5) is 0 Å². The van der Waals surface area contributed by atoms with Crippen LogP contribution in [-0.2, 0) is 14.4 Å². The van der Waals surface area contributed by atoms with Crippen LogP contribution in [0.1, 0.15) is 27.2 Å². The molecule has 0 aliphatic rings. The first-order valence-corrected chi connectivity index (χ1v) is 4.34. The summed E-state index contributed by atoms with van der Waals surface area (Å²) < 4.78 is 0. The Morgan fingerprint density at radius 1 is 1.29 bits per heavy atom. The number of amides is 3. The van der Waals surface area contributed by atoms with Crippen molar-refractivity contribution < 1.29 is 14.4 Å². The molecule has 0 unspecified atom stereocenters. The third-order valence-electron chi connectivity index (χ3n) is 1.60. The third-order valence-corrected chi connectivity index (χ3v) is 1.60. The summed E-state index contributed by atoms with van der Waals surface area (Å²) in [4.78, 5) is 31.5. The van der Waals surface area contributed by atoms with Gasteiger partial charge < -0.3 is 5.32 Å². The summed E-state index contributed by atoms with van der Waals surface area (Å²) in [6, 6.07) is -0.655. The van der Waals surface area contributed by atoms with Gasteiger partial charge in [0.25, 0.3) is 0 Å². The second-order valence-electron chi connectivity index (χ2n) is 4.23. The Hall–Kier alpha value is -1.39. The van der Waals surface area contributed by atoms with Crippen LogP contribution < -0.4 is 10.6 Å². The fourth-order valence-corrected chi connectivity index (χ4v) is 1.08. The summed E-state index contributed by atoms with van der Waals surface area (Å²) in [5.74, 6) is -0.484. The standard InChI is InChI=1S/C9H16N2O3/c1-9(2,3)4-7(10-5-12)8(14)11-6-13/h5-7H,4H2,1-3H3,(H,10,12)(H,11,13,14)/t7-/m0/s1. The zero-order valence-electron chi connectivity index (χ0n) is 8.66. The van der Waals surface area contributed by atoms with Gasteiger partial charge >= 0.3 is 0 Å². The SMILES string of the molecule is CC(C)(C)C[C@H](NC=O)C(=O)NC=O. The quantitative estimate of drug-likeness (QED) is 0.604. The first-order valence-electron chi connectivity index (χ1n) is 4.34. The van der Waals surface area contributed by atoms with Gasteiger partial charge in [0.1, 0.15) is 6.04 Å². The van der Waals surface area contributed by atoms with Crippen LogP contribution in [0.2, 0.25) is 0 Å². The molecule has 14 heavy (non-hydrogen) atoms. The van der Waals surface area contributed by atoms with E-state index < -0.39 is 11.9 Å². The minimum Gasteiger partial charge on any atom is -0.347 e. The summed E-state index contributed by atoms with van der Waals surface area (Å²) in [6.07, 6.45) is 1.25. The predicted molar refractivity (Wildman–Crippen MR) is 51.3 cm³/mol. The highest BCUT2D eigenvalue weighted by atomic mass is 16.2. The predicted octanol–water partition coefficient (Wildman–Crippen LogP) is -0.190. The van der Waals surface area contributed by atoms with Crippen molar-refractivity contribution in [1.29, 1.82) is 0 Å². The number of hydrogen-bond donors (Lipinski definition) is 2. The van der Waals surface area contributed by atoms with Gasteiger partial charge in [-0.3, -0.25) is 19.7 Å². The van der Waals surface area contributed by atoms with Gasteiger partial charge in [-0.05, 0) is 11.8 Å². The molecule has 0 saturated carbocycles. The van der Waals surface area contributed by atoms with Crippen molar-refractivity contribution in [3.8, 4) is 0 Å². The molecule has 0 fully saturated rings. The highest BCUT2D eigenvalue weighted by Crippen LogP contribution is 2.20. The highest BCUT2D eigenvalue weighted by molar-refractivity contribution is 5.91. The summed E-state index contributed by atoms with van der Waals surface area (Å²) in [6.45, 7) is 5.84. The van der Waals surface area contributed by atoms with E-state index in [1.165, 1.54) is 0 Å². The van der Waals surface area contributed by atoms with Gasteiger partial charge in [0.2, 0.25) is 18.7 Å². The first-order chi connectivity index (χ1) is 6.40. The van der Waals surface area contributed by atoms with Gasteiger partial charge in [0, 0.05) is 0 Å². The van der Waals surface area contributed by atoms with Crippen molar-refractivity contribution in [2.75, 3.05) is 0 Å². The molecule has 0 saturated heterocycles. The van der Waals surface area contributed by atoms with E-state index in [-0.39, 0.29) is 5.41 Å². The van der Waals surface area contributed by atoms with Crippen LogP contribution >= 0.6 is 0 Å². The highest BCUT2D eigenvalue weighted by Gasteiger charge is 2.23. The van der Waals surface area contributed by atoms with Gasteiger partial charge in [0.15, 0.2) is 0 Å². The maximum atomic E-state index is 11.2. The minimum atomic E-state index is -0.655. The maximum absolute atomic E-state index is 11.2. The molecule has 0 aromatic carbocycles. The van der Waals surface area contributed by atoms with Gasteiger partial charge in [-0.2, -0.15) is 0 Å². The van der Waals surface area contributed by atoms with Gasteiger partial charge in [-0.1, -0.05) is 20.8 Å². The Bertz CT molecular complexity index is 221. The van der Waals surface area contributed by atoms with E-state index in [0.29, 0.717) is 19.2 Å².